The van der Waals surface area contributed by atoms with Crippen LogP contribution < -0.4 is 16.8 Å². The summed E-state index contributed by atoms with van der Waals surface area (Å²) in [6.45, 7) is 10.4. The second-order valence-corrected chi connectivity index (χ2v) is 5.37. The summed E-state index contributed by atoms with van der Waals surface area (Å²) < 4.78 is 0. The number of nitrogens with zero attached hydrogens (tertiary/aromatic N) is 2. The normalized spacial score (nSPS) is 11.3. The van der Waals surface area contributed by atoms with Crippen molar-refractivity contribution in [2.24, 2.45) is 16.5 Å². The van der Waals surface area contributed by atoms with E-state index in [1.807, 2.05) is 25.1 Å². The van der Waals surface area contributed by atoms with Gasteiger partial charge in [0.1, 0.15) is 11.7 Å². The lowest BCUT2D eigenvalue weighted by Gasteiger charge is -2.14. The van der Waals surface area contributed by atoms with E-state index in [1.165, 1.54) is 0 Å². The lowest BCUT2D eigenvalue weighted by Crippen LogP contribution is -2.19. The minimum atomic E-state index is 0.307. The van der Waals surface area contributed by atoms with E-state index in [-0.39, 0.29) is 0 Å². The molecule has 0 radical (unpaired) electrons. The molecule has 0 saturated carbocycles. The third-order valence-corrected chi connectivity index (χ3v) is 3.52. The zero-order valence-electron chi connectivity index (χ0n) is 13.9. The van der Waals surface area contributed by atoms with Gasteiger partial charge in [-0.25, -0.2) is 4.98 Å². The fraction of sp³-hybridized carbons (Fsp3) is 0.222. The average molecular weight is 309 g/mol. The first-order chi connectivity index (χ1) is 10.9. The SMILES string of the molecule is C=C(N)Nc1nc(-c2c(C)cccc2C)ccc1C(N)=NCC. The van der Waals surface area contributed by atoms with Gasteiger partial charge < -0.3 is 16.8 Å². The summed E-state index contributed by atoms with van der Waals surface area (Å²) in [4.78, 5) is 8.94. The molecule has 0 fully saturated rings. The van der Waals surface area contributed by atoms with E-state index in [0.717, 1.165) is 22.4 Å². The second-order valence-electron chi connectivity index (χ2n) is 5.37. The number of benzene rings is 1. The highest BCUT2D eigenvalue weighted by molar-refractivity contribution is 6.02. The van der Waals surface area contributed by atoms with Crippen molar-refractivity contribution in [2.75, 3.05) is 11.9 Å². The van der Waals surface area contributed by atoms with Crippen LogP contribution in [0, 0.1) is 13.8 Å². The molecule has 0 atom stereocenters. The molecular formula is C18H23N5. The molecule has 1 aromatic carbocycles. The molecule has 2 rings (SSSR count). The largest absolute Gasteiger partial charge is 0.386 e. The van der Waals surface area contributed by atoms with Gasteiger partial charge in [-0.05, 0) is 44.0 Å². The first-order valence-corrected chi connectivity index (χ1v) is 7.53. The van der Waals surface area contributed by atoms with Crippen LogP contribution in [0.5, 0.6) is 0 Å². The van der Waals surface area contributed by atoms with Crippen LogP contribution in [0.2, 0.25) is 0 Å². The number of hydrogen-bond acceptors (Lipinski definition) is 4. The fourth-order valence-electron chi connectivity index (χ4n) is 2.53. The minimum Gasteiger partial charge on any atom is -0.386 e. The van der Waals surface area contributed by atoms with Gasteiger partial charge in [-0.15, -0.1) is 0 Å². The Balaban J connectivity index is 2.61. The Morgan fingerprint density at radius 3 is 2.39 bits per heavy atom. The molecule has 0 spiro atoms. The number of hydrogen-bond donors (Lipinski definition) is 3. The molecule has 120 valence electrons. The van der Waals surface area contributed by atoms with Gasteiger partial charge in [-0.1, -0.05) is 24.8 Å². The zero-order valence-corrected chi connectivity index (χ0v) is 13.9. The van der Waals surface area contributed by atoms with Crippen molar-refractivity contribution in [3.05, 3.63) is 59.4 Å². The summed E-state index contributed by atoms with van der Waals surface area (Å²) in [7, 11) is 0. The van der Waals surface area contributed by atoms with Crippen molar-refractivity contribution in [1.29, 1.82) is 0 Å². The number of anilines is 1. The van der Waals surface area contributed by atoms with Crippen molar-refractivity contribution < 1.29 is 0 Å². The highest BCUT2D eigenvalue weighted by atomic mass is 15.1. The van der Waals surface area contributed by atoms with Crippen LogP contribution in [-0.4, -0.2) is 17.4 Å². The first kappa shape index (κ1) is 16.5. The van der Waals surface area contributed by atoms with E-state index in [9.17, 15) is 0 Å². The Kier molecular flexibility index (Phi) is 5.01. The number of aliphatic imine (C=N–C) groups is 1. The molecule has 0 saturated heterocycles. The first-order valence-electron chi connectivity index (χ1n) is 7.53. The quantitative estimate of drug-likeness (QED) is 0.585. The average Bonchev–Trinajstić information content (AvgIpc) is 2.47. The Bertz CT molecular complexity index is 742. The van der Waals surface area contributed by atoms with Gasteiger partial charge >= 0.3 is 0 Å². The molecule has 0 aliphatic rings. The third kappa shape index (κ3) is 3.69. The van der Waals surface area contributed by atoms with Crippen molar-refractivity contribution in [2.45, 2.75) is 20.8 Å². The fourth-order valence-corrected chi connectivity index (χ4v) is 2.53. The second kappa shape index (κ2) is 6.96. The number of pyridine rings is 1. The van der Waals surface area contributed by atoms with Crippen molar-refractivity contribution >= 4 is 11.7 Å². The highest BCUT2D eigenvalue weighted by Gasteiger charge is 2.13. The van der Waals surface area contributed by atoms with Gasteiger partial charge in [0.2, 0.25) is 0 Å². The Labute approximate surface area is 137 Å². The maximum atomic E-state index is 6.03. The molecule has 1 heterocycles. The summed E-state index contributed by atoms with van der Waals surface area (Å²) in [5, 5.41) is 2.97. The Hall–Kier alpha value is -2.82. The lowest BCUT2D eigenvalue weighted by molar-refractivity contribution is 1.12. The van der Waals surface area contributed by atoms with Crippen LogP contribution in [0.1, 0.15) is 23.6 Å². The lowest BCUT2D eigenvalue weighted by atomic mass is 9.99. The van der Waals surface area contributed by atoms with Gasteiger partial charge in [-0.2, -0.15) is 0 Å². The molecule has 0 aliphatic heterocycles. The maximum absolute atomic E-state index is 6.03. The smallest absolute Gasteiger partial charge is 0.143 e. The summed E-state index contributed by atoms with van der Waals surface area (Å²) in [6, 6.07) is 10.0. The highest BCUT2D eigenvalue weighted by Crippen LogP contribution is 2.28. The number of nitrogens with one attached hydrogen (secondary N) is 1. The number of nitrogens with two attached hydrogens (primary N) is 2. The molecule has 5 heteroatoms. The number of amidine groups is 1. The molecule has 0 aliphatic carbocycles. The molecule has 23 heavy (non-hydrogen) atoms. The van der Waals surface area contributed by atoms with E-state index < -0.39 is 0 Å². The predicted octanol–water partition coefficient (Wildman–Crippen LogP) is 2.93. The molecule has 0 amide bonds. The van der Waals surface area contributed by atoms with E-state index in [0.29, 0.717) is 29.6 Å². The van der Waals surface area contributed by atoms with Crippen LogP contribution >= 0.6 is 0 Å². The summed E-state index contributed by atoms with van der Waals surface area (Å²) in [6.07, 6.45) is 0. The standard InChI is InChI=1S/C18H23N5/c1-5-21-17(20)14-9-10-15(23-18(14)22-13(4)19)16-11(2)7-6-8-12(16)3/h6-10H,4-5,19H2,1-3H3,(H2,20,21)(H,22,23). The monoisotopic (exact) mass is 309 g/mol. The summed E-state index contributed by atoms with van der Waals surface area (Å²) in [5.74, 6) is 1.30. The summed E-state index contributed by atoms with van der Waals surface area (Å²) >= 11 is 0. The van der Waals surface area contributed by atoms with Crippen molar-refractivity contribution in [3.8, 4) is 11.3 Å². The molecule has 0 bridgehead atoms. The van der Waals surface area contributed by atoms with E-state index in [1.54, 1.807) is 0 Å². The summed E-state index contributed by atoms with van der Waals surface area (Å²) in [5.41, 5.74) is 16.7. The molecule has 0 unspecified atom stereocenters. The van der Waals surface area contributed by atoms with Crippen molar-refractivity contribution in [3.63, 3.8) is 0 Å². The molecule has 1 aromatic heterocycles. The van der Waals surface area contributed by atoms with Crippen LogP contribution in [0.3, 0.4) is 0 Å². The Morgan fingerprint density at radius 2 is 1.83 bits per heavy atom. The Morgan fingerprint density at radius 1 is 1.17 bits per heavy atom. The molecule has 5 N–H and O–H groups in total. The topological polar surface area (TPSA) is 89.3 Å². The van der Waals surface area contributed by atoms with E-state index in [4.69, 9.17) is 16.5 Å². The van der Waals surface area contributed by atoms with Gasteiger partial charge in [0, 0.05) is 12.1 Å². The number of rotatable bonds is 5. The molecule has 2 aromatic rings. The third-order valence-electron chi connectivity index (χ3n) is 3.52. The van der Waals surface area contributed by atoms with Crippen molar-refractivity contribution in [1.82, 2.24) is 4.98 Å². The number of aryl methyl sites for hydroxylation is 2. The van der Waals surface area contributed by atoms with Gasteiger partial charge in [-0.3, -0.25) is 4.99 Å². The maximum Gasteiger partial charge on any atom is 0.143 e. The number of aromatic nitrogens is 1. The zero-order chi connectivity index (χ0) is 17.0. The van der Waals surface area contributed by atoms with Gasteiger partial charge in [0.05, 0.1) is 17.1 Å². The van der Waals surface area contributed by atoms with Crippen LogP contribution in [0.4, 0.5) is 5.82 Å². The van der Waals surface area contributed by atoms with E-state index >= 15 is 0 Å². The molecular weight excluding hydrogens is 286 g/mol. The van der Waals surface area contributed by atoms with E-state index in [2.05, 4.69) is 42.9 Å². The van der Waals surface area contributed by atoms with Crippen LogP contribution in [0.25, 0.3) is 11.3 Å². The van der Waals surface area contributed by atoms with Crippen LogP contribution in [0.15, 0.2) is 47.7 Å². The predicted molar refractivity (Wildman–Crippen MR) is 97.4 cm³/mol. The minimum absolute atomic E-state index is 0.307. The van der Waals surface area contributed by atoms with Gasteiger partial charge in [0.25, 0.3) is 0 Å². The molecule has 5 nitrogen and oxygen atoms in total. The van der Waals surface area contributed by atoms with Gasteiger partial charge in [0.15, 0.2) is 0 Å². The van der Waals surface area contributed by atoms with Crippen LogP contribution in [-0.2, 0) is 0 Å².